The standard InChI is InChI=1S/C19H17Cl2N3O3S/c1-2-11-27-19-10-9-18(22-23-19)13-3-5-14(6-4-13)24-28(25,26)15-7-8-16(20)17(21)12-15/h3-10,12,24H,2,11H2,1H3. The molecule has 0 atom stereocenters. The molecule has 9 heteroatoms. The van der Waals surface area contributed by atoms with Crippen LogP contribution in [0.5, 0.6) is 5.88 Å². The van der Waals surface area contributed by atoms with Crippen molar-refractivity contribution in [3.05, 3.63) is 64.6 Å². The molecule has 0 spiro atoms. The van der Waals surface area contributed by atoms with Crippen LogP contribution in [0, 0.1) is 0 Å². The van der Waals surface area contributed by atoms with Gasteiger partial charge in [-0.1, -0.05) is 42.3 Å². The molecule has 0 aliphatic rings. The van der Waals surface area contributed by atoms with Crippen LogP contribution in [-0.2, 0) is 10.0 Å². The predicted octanol–water partition coefficient (Wildman–Crippen LogP) is 5.04. The molecule has 0 saturated heterocycles. The van der Waals surface area contributed by atoms with Crippen molar-refractivity contribution in [2.45, 2.75) is 18.2 Å². The second-order valence-electron chi connectivity index (χ2n) is 5.86. The van der Waals surface area contributed by atoms with Gasteiger partial charge in [-0.2, -0.15) is 0 Å². The number of benzene rings is 2. The predicted molar refractivity (Wildman–Crippen MR) is 111 cm³/mol. The van der Waals surface area contributed by atoms with E-state index in [-0.39, 0.29) is 14.9 Å². The van der Waals surface area contributed by atoms with Crippen LogP contribution in [0.4, 0.5) is 5.69 Å². The van der Waals surface area contributed by atoms with Crippen LogP contribution < -0.4 is 9.46 Å². The largest absolute Gasteiger partial charge is 0.477 e. The number of rotatable bonds is 7. The van der Waals surface area contributed by atoms with Gasteiger partial charge in [0.25, 0.3) is 10.0 Å². The van der Waals surface area contributed by atoms with Gasteiger partial charge in [-0.3, -0.25) is 4.72 Å². The summed E-state index contributed by atoms with van der Waals surface area (Å²) < 4.78 is 32.9. The Balaban J connectivity index is 1.74. The van der Waals surface area contributed by atoms with E-state index >= 15 is 0 Å². The van der Waals surface area contributed by atoms with Gasteiger partial charge in [0.2, 0.25) is 5.88 Å². The molecule has 1 aromatic heterocycles. The van der Waals surface area contributed by atoms with E-state index in [2.05, 4.69) is 14.9 Å². The second kappa shape index (κ2) is 8.77. The maximum Gasteiger partial charge on any atom is 0.261 e. The first-order chi connectivity index (χ1) is 13.4. The molecule has 1 heterocycles. The fourth-order valence-corrected chi connectivity index (χ4v) is 3.77. The summed E-state index contributed by atoms with van der Waals surface area (Å²) in [4.78, 5) is 0.0273. The van der Waals surface area contributed by atoms with Crippen molar-refractivity contribution in [3.8, 4) is 17.1 Å². The lowest BCUT2D eigenvalue weighted by atomic mass is 10.1. The van der Waals surface area contributed by atoms with Crippen molar-refractivity contribution in [2.75, 3.05) is 11.3 Å². The Hall–Kier alpha value is -2.35. The number of ether oxygens (including phenoxy) is 1. The number of sulfonamides is 1. The number of hydrogen-bond donors (Lipinski definition) is 1. The molecule has 0 saturated carbocycles. The van der Waals surface area contributed by atoms with Gasteiger partial charge in [0.15, 0.2) is 0 Å². The summed E-state index contributed by atoms with van der Waals surface area (Å²) in [6, 6.07) is 14.5. The minimum absolute atomic E-state index is 0.0273. The third-order valence-corrected chi connectivity index (χ3v) is 5.85. The van der Waals surface area contributed by atoms with Gasteiger partial charge < -0.3 is 4.74 Å². The van der Waals surface area contributed by atoms with Crippen molar-refractivity contribution in [1.82, 2.24) is 10.2 Å². The minimum Gasteiger partial charge on any atom is -0.477 e. The zero-order valence-corrected chi connectivity index (χ0v) is 17.2. The van der Waals surface area contributed by atoms with Crippen molar-refractivity contribution < 1.29 is 13.2 Å². The zero-order valence-electron chi connectivity index (χ0n) is 14.9. The van der Waals surface area contributed by atoms with E-state index in [0.29, 0.717) is 23.9 Å². The molecule has 0 fully saturated rings. The normalized spacial score (nSPS) is 11.2. The van der Waals surface area contributed by atoms with Crippen LogP contribution in [0.3, 0.4) is 0 Å². The molecule has 146 valence electrons. The number of hydrogen-bond acceptors (Lipinski definition) is 5. The number of halogens is 2. The molecule has 6 nitrogen and oxygen atoms in total. The van der Waals surface area contributed by atoms with Crippen LogP contribution >= 0.6 is 23.2 Å². The topological polar surface area (TPSA) is 81.2 Å². The number of nitrogens with one attached hydrogen (secondary N) is 1. The maximum absolute atomic E-state index is 12.5. The van der Waals surface area contributed by atoms with Crippen LogP contribution in [0.2, 0.25) is 10.0 Å². The minimum atomic E-state index is -3.78. The van der Waals surface area contributed by atoms with Gasteiger partial charge in [-0.05, 0) is 42.8 Å². The highest BCUT2D eigenvalue weighted by Gasteiger charge is 2.16. The summed E-state index contributed by atoms with van der Waals surface area (Å²) in [5.74, 6) is 0.469. The average molecular weight is 438 g/mol. The third-order valence-electron chi connectivity index (χ3n) is 3.73. The van der Waals surface area contributed by atoms with Gasteiger partial charge >= 0.3 is 0 Å². The highest BCUT2D eigenvalue weighted by atomic mass is 35.5. The van der Waals surface area contributed by atoms with E-state index in [4.69, 9.17) is 27.9 Å². The smallest absolute Gasteiger partial charge is 0.261 e. The monoisotopic (exact) mass is 437 g/mol. The molecule has 0 aliphatic carbocycles. The fraction of sp³-hybridized carbons (Fsp3) is 0.158. The Morgan fingerprint density at radius 3 is 2.32 bits per heavy atom. The summed E-state index contributed by atoms with van der Waals surface area (Å²) in [6.07, 6.45) is 0.892. The molecule has 2 aromatic carbocycles. The van der Waals surface area contributed by atoms with Gasteiger partial charge in [0.1, 0.15) is 0 Å². The molecule has 0 bridgehead atoms. The first kappa shape index (κ1) is 20.4. The SMILES string of the molecule is CCCOc1ccc(-c2ccc(NS(=O)(=O)c3ccc(Cl)c(Cl)c3)cc2)nn1. The van der Waals surface area contributed by atoms with E-state index in [9.17, 15) is 8.42 Å². The molecule has 0 amide bonds. The van der Waals surface area contributed by atoms with Gasteiger partial charge in [-0.25, -0.2) is 8.42 Å². The van der Waals surface area contributed by atoms with Gasteiger partial charge in [0, 0.05) is 17.3 Å². The molecule has 0 radical (unpaired) electrons. The Morgan fingerprint density at radius 2 is 1.71 bits per heavy atom. The third kappa shape index (κ3) is 4.92. The summed E-state index contributed by atoms with van der Waals surface area (Å²) in [6.45, 7) is 2.60. The lowest BCUT2D eigenvalue weighted by Crippen LogP contribution is -2.12. The van der Waals surface area contributed by atoms with Crippen molar-refractivity contribution in [1.29, 1.82) is 0 Å². The fourth-order valence-electron chi connectivity index (χ4n) is 2.32. The summed E-state index contributed by atoms with van der Waals surface area (Å²) in [5.41, 5.74) is 1.86. The Bertz CT molecular complexity index is 1060. The average Bonchev–Trinajstić information content (AvgIpc) is 2.69. The summed E-state index contributed by atoms with van der Waals surface area (Å²) in [5, 5.41) is 8.61. The van der Waals surface area contributed by atoms with E-state index in [1.54, 1.807) is 36.4 Å². The maximum atomic E-state index is 12.5. The Kier molecular flexibility index (Phi) is 6.39. The molecule has 28 heavy (non-hydrogen) atoms. The highest BCUT2D eigenvalue weighted by molar-refractivity contribution is 7.92. The molecular formula is C19H17Cl2N3O3S. The van der Waals surface area contributed by atoms with Gasteiger partial charge in [0.05, 0.1) is 27.2 Å². The highest BCUT2D eigenvalue weighted by Crippen LogP contribution is 2.27. The zero-order chi connectivity index (χ0) is 20.1. The van der Waals surface area contributed by atoms with Crippen LogP contribution in [0.25, 0.3) is 11.3 Å². The lowest BCUT2D eigenvalue weighted by molar-refractivity contribution is 0.302. The quantitative estimate of drug-likeness (QED) is 0.559. The molecule has 0 unspecified atom stereocenters. The second-order valence-corrected chi connectivity index (χ2v) is 8.36. The first-order valence-corrected chi connectivity index (χ1v) is 10.7. The lowest BCUT2D eigenvalue weighted by Gasteiger charge is -2.10. The number of anilines is 1. The van der Waals surface area contributed by atoms with Crippen LogP contribution in [0.15, 0.2) is 59.5 Å². The van der Waals surface area contributed by atoms with Crippen LogP contribution in [0.1, 0.15) is 13.3 Å². The molecular weight excluding hydrogens is 421 g/mol. The number of nitrogens with zero attached hydrogens (tertiary/aromatic N) is 2. The van der Waals surface area contributed by atoms with Crippen LogP contribution in [-0.4, -0.2) is 25.2 Å². The van der Waals surface area contributed by atoms with Crippen molar-refractivity contribution in [2.24, 2.45) is 0 Å². The van der Waals surface area contributed by atoms with Crippen molar-refractivity contribution >= 4 is 38.9 Å². The van der Waals surface area contributed by atoms with E-state index in [0.717, 1.165) is 12.0 Å². The Labute approximate surface area is 173 Å². The molecule has 3 rings (SSSR count). The molecule has 1 N–H and O–H groups in total. The van der Waals surface area contributed by atoms with E-state index in [1.165, 1.54) is 18.2 Å². The Morgan fingerprint density at radius 1 is 0.964 bits per heavy atom. The summed E-state index contributed by atoms with van der Waals surface area (Å²) >= 11 is 11.7. The molecule has 0 aliphatic heterocycles. The van der Waals surface area contributed by atoms with E-state index < -0.39 is 10.0 Å². The van der Waals surface area contributed by atoms with E-state index in [1.807, 2.05) is 6.92 Å². The molecule has 3 aromatic rings. The first-order valence-electron chi connectivity index (χ1n) is 8.44. The number of aromatic nitrogens is 2. The van der Waals surface area contributed by atoms with Gasteiger partial charge in [-0.15, -0.1) is 10.2 Å². The summed E-state index contributed by atoms with van der Waals surface area (Å²) in [7, 11) is -3.78. The van der Waals surface area contributed by atoms with Crippen molar-refractivity contribution in [3.63, 3.8) is 0 Å².